The van der Waals surface area contributed by atoms with E-state index < -0.39 is 5.91 Å². The van der Waals surface area contributed by atoms with Crippen LogP contribution in [0.5, 0.6) is 0 Å². The van der Waals surface area contributed by atoms with Crippen LogP contribution in [0.1, 0.15) is 10.5 Å². The van der Waals surface area contributed by atoms with Gasteiger partial charge in [-0.25, -0.2) is 4.98 Å². The van der Waals surface area contributed by atoms with E-state index in [2.05, 4.69) is 10.1 Å². The normalized spacial score (nSPS) is 10.8. The summed E-state index contributed by atoms with van der Waals surface area (Å²) in [6.45, 7) is 0. The third kappa shape index (κ3) is 1.95. The molecule has 3 rings (SSSR count). The fraction of sp³-hybridized carbons (Fsp3) is 0.0714. The van der Waals surface area contributed by atoms with Gasteiger partial charge in [0.2, 0.25) is 0 Å². The number of aryl methyl sites for hydroxylation is 1. The molecule has 0 aliphatic heterocycles. The van der Waals surface area contributed by atoms with Gasteiger partial charge in [-0.2, -0.15) is 5.10 Å². The number of hydrogen-bond donors (Lipinski definition) is 1. The number of rotatable bonds is 2. The molecule has 2 N–H and O–H groups in total. The lowest BCUT2D eigenvalue weighted by Gasteiger charge is -2.06. The Balaban J connectivity index is 2.32. The van der Waals surface area contributed by atoms with Crippen LogP contribution in [0.25, 0.3) is 22.0 Å². The minimum absolute atomic E-state index is 0.270. The molecule has 5 nitrogen and oxygen atoms in total. The van der Waals surface area contributed by atoms with Crippen LogP contribution in [0, 0.1) is 0 Å². The maximum Gasteiger partial charge on any atom is 0.267 e. The molecule has 2 aromatic heterocycles. The van der Waals surface area contributed by atoms with Gasteiger partial charge in [0.1, 0.15) is 5.69 Å². The Labute approximate surface area is 109 Å². The van der Waals surface area contributed by atoms with E-state index in [0.717, 1.165) is 16.5 Å². The van der Waals surface area contributed by atoms with Crippen molar-refractivity contribution in [3.05, 3.63) is 48.4 Å². The van der Waals surface area contributed by atoms with Crippen LogP contribution in [0.4, 0.5) is 0 Å². The predicted molar refractivity (Wildman–Crippen MR) is 72.5 cm³/mol. The van der Waals surface area contributed by atoms with Crippen molar-refractivity contribution in [2.24, 2.45) is 12.8 Å². The van der Waals surface area contributed by atoms with Gasteiger partial charge < -0.3 is 5.73 Å². The second kappa shape index (κ2) is 4.20. The molecule has 94 valence electrons. The molecule has 0 unspecified atom stereocenters. The summed E-state index contributed by atoms with van der Waals surface area (Å²) in [5.41, 5.74) is 7.98. The molecule has 0 spiro atoms. The average Bonchev–Trinajstić information content (AvgIpc) is 2.83. The highest BCUT2D eigenvalue weighted by Gasteiger charge is 2.14. The summed E-state index contributed by atoms with van der Waals surface area (Å²) in [6, 6.07) is 9.53. The molecule has 1 aromatic carbocycles. The quantitative estimate of drug-likeness (QED) is 0.754. The maximum absolute atomic E-state index is 11.6. The summed E-state index contributed by atoms with van der Waals surface area (Å²) >= 11 is 0. The van der Waals surface area contributed by atoms with Gasteiger partial charge in [0, 0.05) is 29.8 Å². The Morgan fingerprint density at radius 1 is 1.32 bits per heavy atom. The SMILES string of the molecule is Cn1cc(-c2cc3ccccc3nc2C(N)=O)cn1. The summed E-state index contributed by atoms with van der Waals surface area (Å²) in [7, 11) is 1.82. The predicted octanol–water partition coefficient (Wildman–Crippen LogP) is 1.73. The number of amides is 1. The first-order valence-corrected chi connectivity index (χ1v) is 5.84. The van der Waals surface area contributed by atoms with E-state index in [1.807, 2.05) is 43.6 Å². The maximum atomic E-state index is 11.6. The Morgan fingerprint density at radius 3 is 2.79 bits per heavy atom. The molecule has 0 bridgehead atoms. The van der Waals surface area contributed by atoms with E-state index in [9.17, 15) is 4.79 Å². The topological polar surface area (TPSA) is 73.8 Å². The molecule has 0 radical (unpaired) electrons. The van der Waals surface area contributed by atoms with E-state index in [1.165, 1.54) is 0 Å². The number of nitrogens with zero attached hydrogens (tertiary/aromatic N) is 3. The van der Waals surface area contributed by atoms with E-state index in [1.54, 1.807) is 10.9 Å². The molecule has 0 aliphatic rings. The number of carbonyl (C=O) groups is 1. The third-order valence-corrected chi connectivity index (χ3v) is 2.97. The number of nitrogens with two attached hydrogens (primary N) is 1. The smallest absolute Gasteiger partial charge is 0.267 e. The Kier molecular flexibility index (Phi) is 2.52. The lowest BCUT2D eigenvalue weighted by atomic mass is 10.0. The molecule has 3 aromatic rings. The van der Waals surface area contributed by atoms with Gasteiger partial charge in [0.05, 0.1) is 11.7 Å². The van der Waals surface area contributed by atoms with Gasteiger partial charge in [-0.1, -0.05) is 18.2 Å². The highest BCUT2D eigenvalue weighted by atomic mass is 16.1. The molecule has 19 heavy (non-hydrogen) atoms. The van der Waals surface area contributed by atoms with E-state index in [0.29, 0.717) is 5.56 Å². The van der Waals surface area contributed by atoms with Crippen LogP contribution in [0.3, 0.4) is 0 Å². The van der Waals surface area contributed by atoms with Crippen molar-refractivity contribution in [1.82, 2.24) is 14.8 Å². The van der Waals surface area contributed by atoms with Gasteiger partial charge in [0.15, 0.2) is 0 Å². The number of carbonyl (C=O) groups excluding carboxylic acids is 1. The molecular formula is C14H12N4O. The second-order valence-corrected chi connectivity index (χ2v) is 4.34. The summed E-state index contributed by atoms with van der Waals surface area (Å²) in [5, 5.41) is 5.07. The molecule has 0 aliphatic carbocycles. The van der Waals surface area contributed by atoms with E-state index >= 15 is 0 Å². The van der Waals surface area contributed by atoms with Crippen LogP contribution >= 0.6 is 0 Å². The standard InChI is InChI=1S/C14H12N4O/c1-18-8-10(7-16-18)11-6-9-4-2-3-5-12(9)17-13(11)14(15)19/h2-8H,1H3,(H2,15,19). The van der Waals surface area contributed by atoms with Crippen LogP contribution in [-0.4, -0.2) is 20.7 Å². The van der Waals surface area contributed by atoms with Gasteiger partial charge >= 0.3 is 0 Å². The van der Waals surface area contributed by atoms with E-state index in [4.69, 9.17) is 5.73 Å². The van der Waals surface area contributed by atoms with Gasteiger partial charge in [-0.05, 0) is 12.1 Å². The molecule has 5 heteroatoms. The van der Waals surface area contributed by atoms with Crippen LogP contribution in [0.2, 0.25) is 0 Å². The van der Waals surface area contributed by atoms with Crippen molar-refractivity contribution in [2.45, 2.75) is 0 Å². The third-order valence-electron chi connectivity index (χ3n) is 2.97. The largest absolute Gasteiger partial charge is 0.364 e. The first-order valence-electron chi connectivity index (χ1n) is 5.84. The van der Waals surface area contributed by atoms with Crippen molar-refractivity contribution < 1.29 is 4.79 Å². The second-order valence-electron chi connectivity index (χ2n) is 4.34. The summed E-state index contributed by atoms with van der Waals surface area (Å²) in [6.07, 6.45) is 3.52. The molecule has 1 amide bonds. The summed E-state index contributed by atoms with van der Waals surface area (Å²) < 4.78 is 1.68. The van der Waals surface area contributed by atoms with Crippen molar-refractivity contribution in [3.63, 3.8) is 0 Å². The van der Waals surface area contributed by atoms with E-state index in [-0.39, 0.29) is 5.69 Å². The zero-order valence-corrected chi connectivity index (χ0v) is 10.4. The average molecular weight is 252 g/mol. The fourth-order valence-electron chi connectivity index (χ4n) is 2.08. The first-order chi connectivity index (χ1) is 9.15. The lowest BCUT2D eigenvalue weighted by molar-refractivity contribution is 0.0996. The minimum Gasteiger partial charge on any atom is -0.364 e. The number of primary amides is 1. The molecule has 0 fully saturated rings. The molecule has 0 saturated heterocycles. The van der Waals surface area contributed by atoms with Crippen molar-refractivity contribution in [1.29, 1.82) is 0 Å². The van der Waals surface area contributed by atoms with Crippen molar-refractivity contribution in [2.75, 3.05) is 0 Å². The summed E-state index contributed by atoms with van der Waals surface area (Å²) in [5.74, 6) is -0.537. The van der Waals surface area contributed by atoms with Gasteiger partial charge in [-0.15, -0.1) is 0 Å². The molecular weight excluding hydrogens is 240 g/mol. The van der Waals surface area contributed by atoms with Crippen LogP contribution in [0.15, 0.2) is 42.7 Å². The number of benzene rings is 1. The zero-order chi connectivity index (χ0) is 13.4. The minimum atomic E-state index is -0.537. The number of pyridine rings is 1. The number of para-hydroxylation sites is 1. The van der Waals surface area contributed by atoms with Crippen LogP contribution < -0.4 is 5.73 Å². The van der Waals surface area contributed by atoms with Crippen LogP contribution in [-0.2, 0) is 7.05 Å². The Hall–Kier alpha value is -2.69. The number of hydrogen-bond acceptors (Lipinski definition) is 3. The highest BCUT2D eigenvalue weighted by molar-refractivity contribution is 6.01. The highest BCUT2D eigenvalue weighted by Crippen LogP contribution is 2.25. The molecule has 0 saturated carbocycles. The van der Waals surface area contributed by atoms with Crippen molar-refractivity contribution in [3.8, 4) is 11.1 Å². The Bertz CT molecular complexity index is 776. The van der Waals surface area contributed by atoms with Gasteiger partial charge in [0.25, 0.3) is 5.91 Å². The van der Waals surface area contributed by atoms with Crippen molar-refractivity contribution >= 4 is 16.8 Å². The molecule has 2 heterocycles. The van der Waals surface area contributed by atoms with Gasteiger partial charge in [-0.3, -0.25) is 9.48 Å². The number of fused-ring (bicyclic) bond motifs is 1. The first kappa shape index (κ1) is 11.4. The summed E-state index contributed by atoms with van der Waals surface area (Å²) in [4.78, 5) is 15.9. The fourth-order valence-corrected chi connectivity index (χ4v) is 2.08. The molecule has 0 atom stereocenters. The lowest BCUT2D eigenvalue weighted by Crippen LogP contribution is -2.14. The Morgan fingerprint density at radius 2 is 2.11 bits per heavy atom. The number of aromatic nitrogens is 3. The zero-order valence-electron chi connectivity index (χ0n) is 10.4. The monoisotopic (exact) mass is 252 g/mol.